The van der Waals surface area contributed by atoms with Crippen LogP contribution in [-0.2, 0) is 0 Å². The summed E-state index contributed by atoms with van der Waals surface area (Å²) in [5.41, 5.74) is 2.39. The maximum absolute atomic E-state index is 6.02. The van der Waals surface area contributed by atoms with Crippen LogP contribution in [0.15, 0.2) is 114 Å². The smallest absolute Gasteiger partial charge is 0.238 e. The molecule has 0 amide bonds. The molecule has 1 aromatic heterocycles. The SMILES string of the molecule is CC(=COc1ccn(-c2ccc(Cl)cc2)n1)/C(=N\c1ccccc1)Oc1ccccc1. The number of halogens is 1. The van der Waals surface area contributed by atoms with E-state index in [1.54, 1.807) is 17.0 Å². The average molecular weight is 430 g/mol. The Morgan fingerprint density at radius 3 is 2.29 bits per heavy atom. The van der Waals surface area contributed by atoms with E-state index in [0.29, 0.717) is 28.1 Å². The molecule has 0 atom stereocenters. The minimum atomic E-state index is 0.439. The molecule has 0 radical (unpaired) electrons. The van der Waals surface area contributed by atoms with Gasteiger partial charge in [0.05, 0.1) is 11.4 Å². The quantitative estimate of drug-likeness (QED) is 0.196. The van der Waals surface area contributed by atoms with Crippen molar-refractivity contribution in [3.8, 4) is 17.3 Å². The summed E-state index contributed by atoms with van der Waals surface area (Å²) in [6.07, 6.45) is 3.40. The first-order valence-corrected chi connectivity index (χ1v) is 10.1. The molecule has 0 spiro atoms. The summed E-state index contributed by atoms with van der Waals surface area (Å²) < 4.78 is 13.5. The van der Waals surface area contributed by atoms with E-state index in [4.69, 9.17) is 21.1 Å². The number of aliphatic imine (C=N–C) groups is 1. The molecular weight excluding hydrogens is 410 g/mol. The molecule has 0 N–H and O–H groups in total. The van der Waals surface area contributed by atoms with Gasteiger partial charge in [-0.25, -0.2) is 9.67 Å². The van der Waals surface area contributed by atoms with Crippen molar-refractivity contribution in [2.24, 2.45) is 4.99 Å². The van der Waals surface area contributed by atoms with Crippen molar-refractivity contribution >= 4 is 23.2 Å². The first-order valence-electron chi connectivity index (χ1n) is 9.69. The molecule has 1 heterocycles. The van der Waals surface area contributed by atoms with Gasteiger partial charge in [-0.1, -0.05) is 48.0 Å². The van der Waals surface area contributed by atoms with Crippen molar-refractivity contribution < 1.29 is 9.47 Å². The minimum Gasteiger partial charge on any atom is -0.445 e. The topological polar surface area (TPSA) is 48.6 Å². The lowest BCUT2D eigenvalue weighted by Crippen LogP contribution is -2.11. The van der Waals surface area contributed by atoms with E-state index in [1.807, 2.05) is 98.0 Å². The predicted molar refractivity (Wildman–Crippen MR) is 124 cm³/mol. The molecule has 0 unspecified atom stereocenters. The van der Waals surface area contributed by atoms with Gasteiger partial charge in [0, 0.05) is 22.9 Å². The van der Waals surface area contributed by atoms with Crippen molar-refractivity contribution in [1.29, 1.82) is 0 Å². The van der Waals surface area contributed by atoms with Gasteiger partial charge in [-0.05, 0) is 55.5 Å². The van der Waals surface area contributed by atoms with Crippen LogP contribution in [0.25, 0.3) is 5.69 Å². The van der Waals surface area contributed by atoms with Gasteiger partial charge in [-0.2, -0.15) is 0 Å². The normalized spacial score (nSPS) is 11.9. The Kier molecular flexibility index (Phi) is 6.45. The third-order valence-electron chi connectivity index (χ3n) is 4.29. The highest BCUT2D eigenvalue weighted by atomic mass is 35.5. The van der Waals surface area contributed by atoms with E-state index in [-0.39, 0.29) is 0 Å². The molecule has 31 heavy (non-hydrogen) atoms. The monoisotopic (exact) mass is 429 g/mol. The van der Waals surface area contributed by atoms with Gasteiger partial charge in [0.25, 0.3) is 0 Å². The first kappa shape index (κ1) is 20.4. The summed E-state index contributed by atoms with van der Waals surface area (Å²) in [5, 5.41) is 5.11. The van der Waals surface area contributed by atoms with E-state index in [0.717, 1.165) is 11.4 Å². The number of aromatic nitrogens is 2. The number of ether oxygens (including phenoxy) is 2. The molecule has 0 saturated carbocycles. The molecule has 0 aliphatic heterocycles. The molecule has 4 rings (SSSR count). The molecule has 0 bridgehead atoms. The molecule has 5 nitrogen and oxygen atoms in total. The summed E-state index contributed by atoms with van der Waals surface area (Å²) >= 11 is 5.95. The number of benzene rings is 3. The zero-order valence-corrected chi connectivity index (χ0v) is 17.6. The van der Waals surface area contributed by atoms with E-state index < -0.39 is 0 Å². The lowest BCUT2D eigenvalue weighted by atomic mass is 10.3. The number of rotatable bonds is 6. The largest absolute Gasteiger partial charge is 0.445 e. The van der Waals surface area contributed by atoms with Crippen molar-refractivity contribution in [3.05, 3.63) is 114 Å². The van der Waals surface area contributed by atoms with Crippen LogP contribution in [0.2, 0.25) is 5.02 Å². The van der Waals surface area contributed by atoms with Gasteiger partial charge in [0.15, 0.2) is 0 Å². The summed E-state index contributed by atoms with van der Waals surface area (Å²) in [4.78, 5) is 4.64. The van der Waals surface area contributed by atoms with Gasteiger partial charge in [0.1, 0.15) is 12.0 Å². The molecular formula is C25H20ClN3O2. The van der Waals surface area contributed by atoms with Crippen LogP contribution in [0.5, 0.6) is 11.6 Å². The van der Waals surface area contributed by atoms with Crippen LogP contribution in [0.3, 0.4) is 0 Å². The molecule has 6 heteroatoms. The maximum atomic E-state index is 6.02. The van der Waals surface area contributed by atoms with Gasteiger partial charge >= 0.3 is 0 Å². The van der Waals surface area contributed by atoms with Gasteiger partial charge in [0.2, 0.25) is 11.8 Å². The van der Waals surface area contributed by atoms with Crippen LogP contribution in [0.4, 0.5) is 5.69 Å². The Bertz CT molecular complexity index is 1180. The van der Waals surface area contributed by atoms with Crippen molar-refractivity contribution in [1.82, 2.24) is 9.78 Å². The maximum Gasteiger partial charge on any atom is 0.238 e. The Morgan fingerprint density at radius 2 is 1.58 bits per heavy atom. The highest BCUT2D eigenvalue weighted by Gasteiger charge is 2.08. The zero-order valence-electron chi connectivity index (χ0n) is 16.9. The summed E-state index contributed by atoms with van der Waals surface area (Å²) in [6, 6.07) is 28.3. The fraction of sp³-hybridized carbons (Fsp3) is 0.0400. The van der Waals surface area contributed by atoms with E-state index in [2.05, 4.69) is 10.1 Å². The highest BCUT2D eigenvalue weighted by molar-refractivity contribution is 6.30. The van der Waals surface area contributed by atoms with Crippen molar-refractivity contribution in [2.45, 2.75) is 6.92 Å². The Morgan fingerprint density at radius 1 is 0.903 bits per heavy atom. The molecule has 0 fully saturated rings. The Balaban J connectivity index is 1.54. The van der Waals surface area contributed by atoms with Crippen LogP contribution in [-0.4, -0.2) is 15.7 Å². The van der Waals surface area contributed by atoms with Crippen LogP contribution >= 0.6 is 11.6 Å². The fourth-order valence-electron chi connectivity index (χ4n) is 2.72. The van der Waals surface area contributed by atoms with Gasteiger partial charge < -0.3 is 9.47 Å². The predicted octanol–water partition coefficient (Wildman–Crippen LogP) is 6.62. The van der Waals surface area contributed by atoms with Crippen molar-refractivity contribution in [2.75, 3.05) is 0 Å². The third kappa shape index (κ3) is 5.62. The fourth-order valence-corrected chi connectivity index (χ4v) is 2.84. The third-order valence-corrected chi connectivity index (χ3v) is 4.55. The Labute approximate surface area is 185 Å². The summed E-state index contributed by atoms with van der Waals surface area (Å²) in [6.45, 7) is 1.88. The van der Waals surface area contributed by atoms with E-state index in [9.17, 15) is 0 Å². The molecule has 0 saturated heterocycles. The number of nitrogens with zero attached hydrogens (tertiary/aromatic N) is 3. The Hall–Kier alpha value is -3.83. The summed E-state index contributed by atoms with van der Waals surface area (Å²) in [7, 11) is 0. The standard InChI is InChI=1S/C25H20ClN3O2/c1-19(18-30-24-16-17-29(28-24)22-14-12-20(26)13-15-22)25(27-21-8-4-2-5-9-21)31-23-10-6-3-7-11-23/h2-18H,1H3/b19-18?,27-25+. The van der Waals surface area contributed by atoms with Crippen molar-refractivity contribution in [3.63, 3.8) is 0 Å². The zero-order chi connectivity index (χ0) is 21.5. The molecule has 3 aromatic carbocycles. The first-order chi connectivity index (χ1) is 15.2. The van der Waals surface area contributed by atoms with Gasteiger partial charge in [-0.15, -0.1) is 5.10 Å². The number of para-hydroxylation sites is 2. The van der Waals surface area contributed by atoms with E-state index >= 15 is 0 Å². The number of hydrogen-bond acceptors (Lipinski definition) is 4. The second-order valence-corrected chi connectivity index (χ2v) is 7.10. The second kappa shape index (κ2) is 9.78. The van der Waals surface area contributed by atoms with Gasteiger partial charge in [-0.3, -0.25) is 0 Å². The minimum absolute atomic E-state index is 0.439. The second-order valence-electron chi connectivity index (χ2n) is 6.66. The highest BCUT2D eigenvalue weighted by Crippen LogP contribution is 2.19. The lowest BCUT2D eigenvalue weighted by Gasteiger charge is -2.09. The molecule has 4 aromatic rings. The molecule has 0 aliphatic carbocycles. The van der Waals surface area contributed by atoms with Crippen LogP contribution in [0, 0.1) is 0 Å². The van der Waals surface area contributed by atoms with E-state index in [1.165, 1.54) is 0 Å². The molecule has 0 aliphatic rings. The lowest BCUT2D eigenvalue weighted by molar-refractivity contribution is 0.450. The van der Waals surface area contributed by atoms with Crippen LogP contribution < -0.4 is 9.47 Å². The molecule has 154 valence electrons. The summed E-state index contributed by atoms with van der Waals surface area (Å²) in [5.74, 6) is 1.58. The average Bonchev–Trinajstić information content (AvgIpc) is 3.28. The number of hydrogen-bond donors (Lipinski definition) is 0. The van der Waals surface area contributed by atoms with Crippen LogP contribution in [0.1, 0.15) is 6.92 Å².